The standard InChI is InChI=1S/C39H50FN10O13P/c1-23(2)32(46-28(51)7-5-4-6-14-49-30(53)12-13-31(49)54)36(55)41-18-29(52)45-25-10-8-24(9-11-25)19-61-39(57)48(3)15-16-60-38(56)47-34-33-35(43-21-42-34)50(22-44-33)37-27(40)17-26(63-37)20-62-64(58)59/h8-13,21-23,26-27,32,37,64H,4-7,14-20H2,1-3H3,(H,41,55)(H,45,52)(H,46,51)(H,58,59)(H,42,43,47,56)/t26-,27+,32?,37+/m0/s1. The third-order valence-corrected chi connectivity index (χ3v) is 10.2. The lowest BCUT2D eigenvalue weighted by Crippen LogP contribution is -2.51. The Bertz CT molecular complexity index is 2210. The minimum absolute atomic E-state index is 0.0300. The van der Waals surface area contributed by atoms with E-state index in [1.54, 1.807) is 38.1 Å². The van der Waals surface area contributed by atoms with Gasteiger partial charge in [0.15, 0.2) is 23.2 Å². The number of aromatic nitrogens is 4. The Morgan fingerprint density at radius 2 is 1.73 bits per heavy atom. The van der Waals surface area contributed by atoms with Crippen molar-refractivity contribution in [3.63, 3.8) is 0 Å². The zero-order valence-electron chi connectivity index (χ0n) is 35.2. The number of carbonyl (C=O) groups excluding carboxylic acids is 7. The molecule has 2 aromatic heterocycles. The van der Waals surface area contributed by atoms with Crippen molar-refractivity contribution < 1.29 is 66.1 Å². The molecule has 0 spiro atoms. The maximum absolute atomic E-state index is 14.8. The number of hydrogen-bond acceptors (Lipinski definition) is 15. The van der Waals surface area contributed by atoms with Gasteiger partial charge in [-0.15, -0.1) is 0 Å². The SMILES string of the molecule is CC(C)C(NC(=O)CCCCCN1C(=O)C=CC1=O)C(=O)NCC(=O)Nc1ccc(COC(=O)N(C)CCOC(=O)Nc2ncnc3c2ncn3[C@@H]2O[C@H](CO[PH](=O)O)C[C@H]2F)cc1. The van der Waals surface area contributed by atoms with Crippen molar-refractivity contribution in [3.05, 3.63) is 54.6 Å². The predicted octanol–water partition coefficient (Wildman–Crippen LogP) is 2.35. The van der Waals surface area contributed by atoms with Gasteiger partial charge in [-0.1, -0.05) is 32.4 Å². The lowest BCUT2D eigenvalue weighted by atomic mass is 10.0. The fourth-order valence-corrected chi connectivity index (χ4v) is 6.76. The van der Waals surface area contributed by atoms with Gasteiger partial charge in [-0.25, -0.2) is 28.9 Å². The maximum Gasteiger partial charge on any atom is 0.412 e. The minimum atomic E-state index is -3.21. The number of fused-ring (bicyclic) bond motifs is 1. The van der Waals surface area contributed by atoms with Crippen LogP contribution >= 0.6 is 8.25 Å². The van der Waals surface area contributed by atoms with Gasteiger partial charge in [-0.2, -0.15) is 0 Å². The normalized spacial score (nSPS) is 17.9. The predicted molar refractivity (Wildman–Crippen MR) is 223 cm³/mol. The molecule has 1 saturated heterocycles. The van der Waals surface area contributed by atoms with Gasteiger partial charge in [-0.05, 0) is 36.5 Å². The number of benzene rings is 1. The van der Waals surface area contributed by atoms with Gasteiger partial charge < -0.3 is 44.5 Å². The van der Waals surface area contributed by atoms with Gasteiger partial charge in [-0.3, -0.25) is 43.3 Å². The molecule has 0 aliphatic carbocycles. The van der Waals surface area contributed by atoms with Gasteiger partial charge in [0, 0.05) is 44.3 Å². The summed E-state index contributed by atoms with van der Waals surface area (Å²) in [5.41, 5.74) is 1.27. The van der Waals surface area contributed by atoms with Crippen LogP contribution in [0, 0.1) is 5.92 Å². The first-order valence-electron chi connectivity index (χ1n) is 20.2. The lowest BCUT2D eigenvalue weighted by Gasteiger charge is -2.21. The molecule has 0 bridgehead atoms. The van der Waals surface area contributed by atoms with E-state index >= 15 is 0 Å². The summed E-state index contributed by atoms with van der Waals surface area (Å²) >= 11 is 0. The number of halogens is 1. The fraction of sp³-hybridized carbons (Fsp3) is 0.487. The number of ether oxygens (including phenoxy) is 3. The van der Waals surface area contributed by atoms with Crippen LogP contribution in [0.5, 0.6) is 0 Å². The van der Waals surface area contributed by atoms with Gasteiger partial charge in [0.25, 0.3) is 11.8 Å². The average molecular weight is 917 g/mol. The zero-order chi connectivity index (χ0) is 46.3. The van der Waals surface area contributed by atoms with Crippen molar-refractivity contribution in [3.8, 4) is 0 Å². The van der Waals surface area contributed by atoms with Gasteiger partial charge in [0.1, 0.15) is 31.8 Å². The number of alkyl halides is 1. The van der Waals surface area contributed by atoms with Crippen LogP contribution in [0.2, 0.25) is 0 Å². The molecule has 5 N–H and O–H groups in total. The molecule has 2 unspecified atom stereocenters. The summed E-state index contributed by atoms with van der Waals surface area (Å²) in [4.78, 5) is 110. The van der Waals surface area contributed by atoms with Crippen molar-refractivity contribution >= 4 is 72.6 Å². The molecule has 7 amide bonds. The summed E-state index contributed by atoms with van der Waals surface area (Å²) in [5, 5.41) is 10.4. The summed E-state index contributed by atoms with van der Waals surface area (Å²) in [6.07, 6.45) is 1.49. The number of likely N-dealkylation sites (N-methyl/N-ethyl adjacent to an activating group) is 1. The number of imide groups is 1. The van der Waals surface area contributed by atoms with E-state index in [1.165, 1.54) is 35.0 Å². The lowest BCUT2D eigenvalue weighted by molar-refractivity contribution is -0.137. The van der Waals surface area contributed by atoms with E-state index in [0.717, 1.165) is 11.2 Å². The van der Waals surface area contributed by atoms with Gasteiger partial charge >= 0.3 is 20.4 Å². The number of unbranched alkanes of at least 4 members (excludes halogenated alkanes) is 2. The molecule has 4 heterocycles. The van der Waals surface area contributed by atoms with E-state index in [4.69, 9.17) is 19.1 Å². The first-order chi connectivity index (χ1) is 30.6. The van der Waals surface area contributed by atoms with Crippen LogP contribution in [0.4, 0.5) is 25.5 Å². The van der Waals surface area contributed by atoms with Crippen molar-refractivity contribution in [2.24, 2.45) is 5.92 Å². The van der Waals surface area contributed by atoms with Crippen LogP contribution in [0.25, 0.3) is 11.2 Å². The van der Waals surface area contributed by atoms with Crippen LogP contribution < -0.4 is 21.3 Å². The van der Waals surface area contributed by atoms with Crippen LogP contribution in [-0.2, 0) is 53.9 Å². The van der Waals surface area contributed by atoms with Crippen molar-refractivity contribution in [1.82, 2.24) is 40.0 Å². The number of imidazole rings is 1. The summed E-state index contributed by atoms with van der Waals surface area (Å²) in [6, 6.07) is 5.55. The van der Waals surface area contributed by atoms with E-state index in [-0.39, 0.29) is 92.9 Å². The molecule has 346 valence electrons. The number of carbonyl (C=O) groups is 7. The highest BCUT2D eigenvalue weighted by atomic mass is 31.1. The van der Waals surface area contributed by atoms with Gasteiger partial charge in [0.05, 0.1) is 32.1 Å². The molecular formula is C39H50FN10O13P. The number of anilines is 2. The second-order valence-electron chi connectivity index (χ2n) is 15.0. The molecule has 1 fully saturated rings. The molecule has 0 radical (unpaired) electrons. The second-order valence-corrected chi connectivity index (χ2v) is 15.8. The summed E-state index contributed by atoms with van der Waals surface area (Å²) in [5.74, 6) is -2.38. The van der Waals surface area contributed by atoms with Crippen LogP contribution in [0.3, 0.4) is 0 Å². The molecule has 0 saturated carbocycles. The zero-order valence-corrected chi connectivity index (χ0v) is 36.2. The third-order valence-electron chi connectivity index (χ3n) is 9.82. The highest BCUT2D eigenvalue weighted by Crippen LogP contribution is 2.35. The number of nitrogens with zero attached hydrogens (tertiary/aromatic N) is 6. The van der Waals surface area contributed by atoms with Crippen molar-refractivity contribution in [2.75, 3.05) is 50.5 Å². The number of rotatable bonds is 22. The largest absolute Gasteiger partial charge is 0.447 e. The Morgan fingerprint density at radius 1 is 1.00 bits per heavy atom. The van der Waals surface area contributed by atoms with Crippen LogP contribution in [-0.4, -0.2) is 134 Å². The Balaban J connectivity index is 0.960. The quantitative estimate of drug-likeness (QED) is 0.0549. The highest BCUT2D eigenvalue weighted by molar-refractivity contribution is 7.32. The molecule has 5 atom stereocenters. The second kappa shape index (κ2) is 23.4. The van der Waals surface area contributed by atoms with E-state index < -0.39 is 56.8 Å². The van der Waals surface area contributed by atoms with E-state index in [1.807, 2.05) is 0 Å². The molecule has 5 rings (SSSR count). The van der Waals surface area contributed by atoms with Gasteiger partial charge in [0.2, 0.25) is 17.7 Å². The third kappa shape index (κ3) is 14.1. The number of hydrogen-bond donors (Lipinski definition) is 5. The first kappa shape index (κ1) is 48.7. The maximum atomic E-state index is 14.8. The molecule has 2 aliphatic heterocycles. The van der Waals surface area contributed by atoms with Crippen molar-refractivity contribution in [1.29, 1.82) is 0 Å². The van der Waals surface area contributed by atoms with E-state index in [2.05, 4.69) is 40.7 Å². The molecule has 64 heavy (non-hydrogen) atoms. The average Bonchev–Trinajstić information content (AvgIpc) is 3.95. The molecule has 1 aromatic carbocycles. The Kier molecular flexibility index (Phi) is 17.8. The van der Waals surface area contributed by atoms with E-state index in [9.17, 15) is 42.5 Å². The summed E-state index contributed by atoms with van der Waals surface area (Å²) in [6.45, 7) is 2.80. The number of amides is 7. The molecule has 25 heteroatoms. The summed E-state index contributed by atoms with van der Waals surface area (Å²) in [7, 11) is -1.77. The molecule has 23 nitrogen and oxygen atoms in total. The number of nitrogens with one attached hydrogen (secondary N) is 4. The Labute approximate surface area is 366 Å². The smallest absolute Gasteiger partial charge is 0.412 e. The monoisotopic (exact) mass is 916 g/mol. The molecular weight excluding hydrogens is 866 g/mol. The Morgan fingerprint density at radius 3 is 2.44 bits per heavy atom. The van der Waals surface area contributed by atoms with Crippen molar-refractivity contribution in [2.45, 2.75) is 77.1 Å². The van der Waals surface area contributed by atoms with Crippen LogP contribution in [0.15, 0.2) is 49.1 Å². The van der Waals surface area contributed by atoms with Crippen LogP contribution in [0.1, 0.15) is 57.7 Å². The molecule has 3 aromatic rings. The topological polar surface area (TPSA) is 292 Å². The Hall–Kier alpha value is -6.36. The van der Waals surface area contributed by atoms with E-state index in [0.29, 0.717) is 30.5 Å². The molecule has 2 aliphatic rings. The fourth-order valence-electron chi connectivity index (χ4n) is 6.43. The minimum Gasteiger partial charge on any atom is -0.447 e. The highest BCUT2D eigenvalue weighted by Gasteiger charge is 2.38. The summed E-state index contributed by atoms with van der Waals surface area (Å²) < 4.78 is 47.8. The first-order valence-corrected chi connectivity index (χ1v) is 21.5.